The minimum absolute atomic E-state index is 0.219. The first-order valence-electron chi connectivity index (χ1n) is 13.2. The quantitative estimate of drug-likeness (QED) is 0.372. The molecular weight excluding hydrogens is 454 g/mol. The van der Waals surface area contributed by atoms with Crippen molar-refractivity contribution in [2.75, 3.05) is 6.54 Å². The van der Waals surface area contributed by atoms with Gasteiger partial charge in [-0.1, -0.05) is 52.3 Å². The fourth-order valence-electron chi connectivity index (χ4n) is 3.88. The Morgan fingerprint density at radius 2 is 1.61 bits per heavy atom. The van der Waals surface area contributed by atoms with E-state index in [2.05, 4.69) is 17.6 Å². The summed E-state index contributed by atoms with van der Waals surface area (Å²) in [6, 6.07) is 4.19. The minimum Gasteiger partial charge on any atom is -0.444 e. The van der Waals surface area contributed by atoms with E-state index in [-0.39, 0.29) is 17.7 Å². The number of hydrogen-bond acceptors (Lipinski definition) is 4. The van der Waals surface area contributed by atoms with Crippen LogP contribution in [-0.4, -0.2) is 46.5 Å². The van der Waals surface area contributed by atoms with Crippen LogP contribution in [0.15, 0.2) is 18.2 Å². The predicted molar refractivity (Wildman–Crippen MR) is 146 cm³/mol. The van der Waals surface area contributed by atoms with Gasteiger partial charge in [0.2, 0.25) is 11.8 Å². The van der Waals surface area contributed by atoms with Crippen molar-refractivity contribution in [1.29, 1.82) is 0 Å². The van der Waals surface area contributed by atoms with Crippen molar-refractivity contribution in [2.45, 2.75) is 119 Å². The highest BCUT2D eigenvalue weighted by molar-refractivity contribution is 5.92. The van der Waals surface area contributed by atoms with Crippen LogP contribution in [0.5, 0.6) is 0 Å². The first kappa shape index (κ1) is 31.5. The lowest BCUT2D eigenvalue weighted by atomic mass is 9.89. The molecule has 1 aromatic carbocycles. The van der Waals surface area contributed by atoms with E-state index in [1.165, 1.54) is 0 Å². The van der Waals surface area contributed by atoms with Crippen LogP contribution in [0, 0.1) is 19.8 Å². The Bertz CT molecular complexity index is 902. The van der Waals surface area contributed by atoms with E-state index >= 15 is 0 Å². The van der Waals surface area contributed by atoms with E-state index in [1.54, 1.807) is 25.7 Å². The van der Waals surface area contributed by atoms with E-state index in [9.17, 15) is 14.4 Å². The average Bonchev–Trinajstić information content (AvgIpc) is 2.75. The number of nitrogens with zero attached hydrogens (tertiary/aromatic N) is 1. The average molecular weight is 504 g/mol. The van der Waals surface area contributed by atoms with Gasteiger partial charge in [0.05, 0.1) is 0 Å². The zero-order chi connectivity index (χ0) is 27.8. The third-order valence-corrected chi connectivity index (χ3v) is 6.54. The monoisotopic (exact) mass is 503 g/mol. The molecular formula is C29H49N3O4. The van der Waals surface area contributed by atoms with E-state index in [1.807, 2.05) is 66.7 Å². The number of nitrogens with one attached hydrogen (secondary N) is 2. The van der Waals surface area contributed by atoms with Crippen molar-refractivity contribution in [1.82, 2.24) is 15.5 Å². The zero-order valence-electron chi connectivity index (χ0n) is 24.4. The number of unbranched alkanes of at least 4 members (excludes halogenated alkanes) is 1. The van der Waals surface area contributed by atoms with Gasteiger partial charge >= 0.3 is 6.09 Å². The van der Waals surface area contributed by atoms with Gasteiger partial charge in [0, 0.05) is 12.1 Å². The Balaban J connectivity index is 3.62. The zero-order valence-corrected chi connectivity index (χ0v) is 24.4. The van der Waals surface area contributed by atoms with Gasteiger partial charge in [-0.05, 0) is 83.9 Å². The number of carbonyl (C=O) groups excluding carboxylic acids is 3. The van der Waals surface area contributed by atoms with Crippen molar-refractivity contribution in [3.63, 3.8) is 0 Å². The number of aryl methyl sites for hydroxylation is 2. The largest absolute Gasteiger partial charge is 0.444 e. The Morgan fingerprint density at radius 3 is 2.08 bits per heavy atom. The van der Waals surface area contributed by atoms with Crippen molar-refractivity contribution in [3.8, 4) is 0 Å². The minimum atomic E-state index is -0.858. The third-order valence-electron chi connectivity index (χ3n) is 6.54. The smallest absolute Gasteiger partial charge is 0.408 e. The normalized spacial score (nSPS) is 13.7. The number of ether oxygens (including phenoxy) is 1. The Kier molecular flexibility index (Phi) is 11.5. The Labute approximate surface area is 218 Å². The van der Waals surface area contributed by atoms with Crippen LogP contribution < -0.4 is 10.6 Å². The topological polar surface area (TPSA) is 87.7 Å². The molecule has 0 saturated heterocycles. The molecule has 0 bridgehead atoms. The van der Waals surface area contributed by atoms with Crippen molar-refractivity contribution in [2.24, 2.45) is 5.92 Å². The van der Waals surface area contributed by atoms with Gasteiger partial charge in [-0.25, -0.2) is 4.79 Å². The van der Waals surface area contributed by atoms with Crippen LogP contribution in [0.25, 0.3) is 0 Å². The van der Waals surface area contributed by atoms with Gasteiger partial charge in [-0.2, -0.15) is 0 Å². The first-order chi connectivity index (χ1) is 16.6. The van der Waals surface area contributed by atoms with Crippen LogP contribution in [0.1, 0.15) is 104 Å². The SMILES string of the molecule is CCCCNC(=O)C(c1ccc(C)c(C)c1)N(C(=O)C(NC(=O)OC(C)(C)C)C(C)C)C(C)(C)CC. The Hall–Kier alpha value is -2.57. The molecule has 2 unspecified atom stereocenters. The van der Waals surface area contributed by atoms with Crippen LogP contribution in [0.4, 0.5) is 4.79 Å². The molecule has 0 spiro atoms. The number of amides is 3. The summed E-state index contributed by atoms with van der Waals surface area (Å²) in [6.07, 6.45) is 1.77. The summed E-state index contributed by atoms with van der Waals surface area (Å²) in [4.78, 5) is 42.3. The van der Waals surface area contributed by atoms with Crippen molar-refractivity contribution in [3.05, 3.63) is 34.9 Å². The van der Waals surface area contributed by atoms with E-state index in [0.29, 0.717) is 13.0 Å². The molecule has 36 heavy (non-hydrogen) atoms. The van der Waals surface area contributed by atoms with Gasteiger partial charge < -0.3 is 20.3 Å². The summed E-state index contributed by atoms with van der Waals surface area (Å²) in [5, 5.41) is 5.83. The number of carbonyl (C=O) groups is 3. The van der Waals surface area contributed by atoms with E-state index in [0.717, 1.165) is 29.5 Å². The molecule has 0 fully saturated rings. The van der Waals surface area contributed by atoms with Crippen molar-refractivity contribution >= 4 is 17.9 Å². The fourth-order valence-corrected chi connectivity index (χ4v) is 3.88. The molecule has 1 aromatic rings. The maximum absolute atomic E-state index is 14.3. The molecule has 0 radical (unpaired) electrons. The summed E-state index contributed by atoms with van der Waals surface area (Å²) in [6.45, 7) is 21.6. The lowest BCUT2D eigenvalue weighted by Crippen LogP contribution is -2.60. The van der Waals surface area contributed by atoms with Gasteiger partial charge in [0.15, 0.2) is 0 Å². The molecule has 0 aromatic heterocycles. The van der Waals surface area contributed by atoms with E-state index < -0.39 is 29.3 Å². The fraction of sp³-hybridized carbons (Fsp3) is 0.690. The number of benzene rings is 1. The van der Waals surface area contributed by atoms with E-state index in [4.69, 9.17) is 4.74 Å². The van der Waals surface area contributed by atoms with Crippen LogP contribution in [0.3, 0.4) is 0 Å². The second-order valence-electron chi connectivity index (χ2n) is 11.6. The number of rotatable bonds is 11. The van der Waals surface area contributed by atoms with Gasteiger partial charge in [-0.3, -0.25) is 9.59 Å². The lowest BCUT2D eigenvalue weighted by Gasteiger charge is -2.45. The summed E-state index contributed by atoms with van der Waals surface area (Å²) in [5.41, 5.74) is 1.56. The van der Waals surface area contributed by atoms with Gasteiger partial charge in [0.25, 0.3) is 0 Å². The molecule has 2 atom stereocenters. The summed E-state index contributed by atoms with van der Waals surface area (Å²) < 4.78 is 5.45. The second-order valence-corrected chi connectivity index (χ2v) is 11.6. The van der Waals surface area contributed by atoms with Crippen LogP contribution >= 0.6 is 0 Å². The summed E-state index contributed by atoms with van der Waals surface area (Å²) in [5.74, 6) is -0.748. The molecule has 3 amide bonds. The molecule has 0 aliphatic rings. The molecule has 0 aliphatic heterocycles. The number of hydrogen-bond donors (Lipinski definition) is 2. The highest BCUT2D eigenvalue weighted by Crippen LogP contribution is 2.33. The predicted octanol–water partition coefficient (Wildman–Crippen LogP) is 5.83. The molecule has 0 saturated carbocycles. The molecule has 7 nitrogen and oxygen atoms in total. The van der Waals surface area contributed by atoms with Crippen LogP contribution in [-0.2, 0) is 14.3 Å². The maximum Gasteiger partial charge on any atom is 0.408 e. The van der Waals surface area contributed by atoms with Crippen LogP contribution in [0.2, 0.25) is 0 Å². The van der Waals surface area contributed by atoms with Gasteiger partial charge in [0.1, 0.15) is 17.7 Å². The standard InChI is InChI=1S/C29H49N3O4/c1-12-14-17-30-25(33)24(22-16-15-20(5)21(6)18-22)32(29(10,11)13-2)26(34)23(19(3)4)31-27(35)36-28(7,8)9/h15-16,18-19,23-24H,12-14,17H2,1-11H3,(H,30,33)(H,31,35). The molecule has 7 heteroatoms. The second kappa shape index (κ2) is 13.1. The number of alkyl carbamates (subject to hydrolysis) is 1. The summed E-state index contributed by atoms with van der Waals surface area (Å²) >= 11 is 0. The molecule has 2 N–H and O–H groups in total. The first-order valence-corrected chi connectivity index (χ1v) is 13.2. The lowest BCUT2D eigenvalue weighted by molar-refractivity contribution is -0.150. The Morgan fingerprint density at radius 1 is 1.00 bits per heavy atom. The maximum atomic E-state index is 14.3. The molecule has 0 heterocycles. The molecule has 1 rings (SSSR count). The highest BCUT2D eigenvalue weighted by Gasteiger charge is 2.43. The highest BCUT2D eigenvalue weighted by atomic mass is 16.6. The van der Waals surface area contributed by atoms with Crippen molar-refractivity contribution < 1.29 is 19.1 Å². The third kappa shape index (κ3) is 8.82. The summed E-state index contributed by atoms with van der Waals surface area (Å²) in [7, 11) is 0. The van der Waals surface area contributed by atoms with Gasteiger partial charge in [-0.15, -0.1) is 0 Å². The molecule has 204 valence electrons. The molecule has 0 aliphatic carbocycles.